The monoisotopic (exact) mass is 328 g/mol. The second-order valence-electron chi connectivity index (χ2n) is 6.00. The van der Waals surface area contributed by atoms with Gasteiger partial charge in [0.1, 0.15) is 0 Å². The third kappa shape index (κ3) is 2.43. The van der Waals surface area contributed by atoms with Gasteiger partial charge in [-0.15, -0.1) is 11.3 Å². The van der Waals surface area contributed by atoms with Crippen LogP contribution < -0.4 is 5.32 Å². The van der Waals surface area contributed by atoms with E-state index in [4.69, 9.17) is 11.6 Å². The zero-order chi connectivity index (χ0) is 15.2. The van der Waals surface area contributed by atoms with Gasteiger partial charge in [-0.3, -0.25) is 4.98 Å². The minimum Gasteiger partial charge on any atom is -0.301 e. The Hall–Kier alpha value is -1.42. The van der Waals surface area contributed by atoms with E-state index >= 15 is 0 Å². The van der Waals surface area contributed by atoms with Crippen molar-refractivity contribution in [2.45, 2.75) is 31.3 Å². The van der Waals surface area contributed by atoms with E-state index in [0.29, 0.717) is 0 Å². The molecule has 1 saturated carbocycles. The number of thiophene rings is 1. The summed E-state index contributed by atoms with van der Waals surface area (Å²) in [5.74, 6) is 0. The van der Waals surface area contributed by atoms with Crippen LogP contribution in [0, 0.1) is 0 Å². The van der Waals surface area contributed by atoms with Crippen LogP contribution in [0.1, 0.15) is 36.9 Å². The molecule has 1 N–H and O–H groups in total. The van der Waals surface area contributed by atoms with Crippen LogP contribution in [-0.4, -0.2) is 4.98 Å². The van der Waals surface area contributed by atoms with Gasteiger partial charge in [-0.2, -0.15) is 0 Å². The molecule has 1 aromatic carbocycles. The molecule has 3 aromatic rings. The first-order valence-electron chi connectivity index (χ1n) is 7.54. The Labute approximate surface area is 139 Å². The number of pyridine rings is 1. The molecule has 0 bridgehead atoms. The molecule has 2 nitrogen and oxygen atoms in total. The number of nitrogens with zero attached hydrogens (tertiary/aromatic N) is 1. The van der Waals surface area contributed by atoms with E-state index in [1.54, 1.807) is 11.3 Å². The van der Waals surface area contributed by atoms with Crippen LogP contribution in [0.2, 0.25) is 5.02 Å². The fraction of sp³-hybridized carbons (Fsp3) is 0.278. The number of rotatable bonds is 4. The fourth-order valence-corrected chi connectivity index (χ4v) is 4.17. The Morgan fingerprint density at radius 1 is 1.27 bits per heavy atom. The first-order valence-corrected chi connectivity index (χ1v) is 8.80. The van der Waals surface area contributed by atoms with Crippen molar-refractivity contribution in [3.05, 3.63) is 64.1 Å². The largest absolute Gasteiger partial charge is 0.301 e. The third-order valence-electron chi connectivity index (χ3n) is 4.46. The molecule has 1 aliphatic rings. The van der Waals surface area contributed by atoms with E-state index in [0.717, 1.165) is 23.4 Å². The van der Waals surface area contributed by atoms with Crippen molar-refractivity contribution < 1.29 is 0 Å². The predicted molar refractivity (Wildman–Crippen MR) is 93.5 cm³/mol. The van der Waals surface area contributed by atoms with Gasteiger partial charge in [0.2, 0.25) is 0 Å². The first kappa shape index (κ1) is 14.2. The number of nitrogens with one attached hydrogen (secondary N) is 1. The minimum absolute atomic E-state index is 0.0299. The van der Waals surface area contributed by atoms with E-state index in [1.807, 2.05) is 18.3 Å². The lowest BCUT2D eigenvalue weighted by Gasteiger charge is -2.24. The predicted octanol–water partition coefficient (Wildman–Crippen LogP) is 5.29. The smallest absolute Gasteiger partial charge is 0.0809 e. The van der Waals surface area contributed by atoms with Crippen molar-refractivity contribution in [3.8, 4) is 0 Å². The van der Waals surface area contributed by atoms with E-state index in [9.17, 15) is 0 Å². The molecule has 4 rings (SSSR count). The van der Waals surface area contributed by atoms with Gasteiger partial charge in [0.15, 0.2) is 0 Å². The Morgan fingerprint density at radius 2 is 2.09 bits per heavy atom. The molecule has 4 heteroatoms. The SMILES string of the molecule is CC(NC1(c2ccccc2Cl)CC1)c1cnc2ccsc2c1. The normalized spacial score (nSPS) is 17.5. The molecule has 0 radical (unpaired) electrons. The molecule has 2 aromatic heterocycles. The summed E-state index contributed by atoms with van der Waals surface area (Å²) in [7, 11) is 0. The maximum absolute atomic E-state index is 6.39. The van der Waals surface area contributed by atoms with Gasteiger partial charge in [-0.1, -0.05) is 29.8 Å². The average molecular weight is 329 g/mol. The summed E-state index contributed by atoms with van der Waals surface area (Å²) in [6.45, 7) is 2.20. The molecule has 2 heterocycles. The number of fused-ring (bicyclic) bond motifs is 1. The molecule has 0 saturated heterocycles. The zero-order valence-electron chi connectivity index (χ0n) is 12.3. The highest BCUT2D eigenvalue weighted by molar-refractivity contribution is 7.17. The van der Waals surface area contributed by atoms with Crippen LogP contribution in [-0.2, 0) is 5.54 Å². The molecular weight excluding hydrogens is 312 g/mol. The number of halogens is 1. The van der Waals surface area contributed by atoms with Gasteiger partial charge >= 0.3 is 0 Å². The van der Waals surface area contributed by atoms with E-state index in [1.165, 1.54) is 15.8 Å². The zero-order valence-corrected chi connectivity index (χ0v) is 13.9. The lowest BCUT2D eigenvalue weighted by atomic mass is 10.0. The van der Waals surface area contributed by atoms with Gasteiger partial charge in [-0.05, 0) is 54.5 Å². The van der Waals surface area contributed by atoms with Crippen molar-refractivity contribution in [2.75, 3.05) is 0 Å². The summed E-state index contributed by atoms with van der Waals surface area (Å²) < 4.78 is 1.24. The molecule has 0 spiro atoms. The molecular formula is C18H17ClN2S. The molecule has 1 fully saturated rings. The Morgan fingerprint density at radius 3 is 2.86 bits per heavy atom. The van der Waals surface area contributed by atoms with Gasteiger partial charge in [0.25, 0.3) is 0 Å². The molecule has 0 aliphatic heterocycles. The Kier molecular flexibility index (Phi) is 3.44. The van der Waals surface area contributed by atoms with E-state index < -0.39 is 0 Å². The molecule has 112 valence electrons. The molecule has 1 aliphatic carbocycles. The Balaban J connectivity index is 1.61. The number of hydrogen-bond donors (Lipinski definition) is 1. The van der Waals surface area contributed by atoms with Crippen molar-refractivity contribution in [1.82, 2.24) is 10.3 Å². The number of benzene rings is 1. The third-order valence-corrected chi connectivity index (χ3v) is 5.64. The van der Waals surface area contributed by atoms with Crippen LogP contribution in [0.25, 0.3) is 10.2 Å². The molecule has 1 atom stereocenters. The maximum atomic E-state index is 6.39. The van der Waals surface area contributed by atoms with Gasteiger partial charge < -0.3 is 5.32 Å². The summed E-state index contributed by atoms with van der Waals surface area (Å²) >= 11 is 8.13. The molecule has 0 amide bonds. The van der Waals surface area contributed by atoms with Crippen molar-refractivity contribution >= 4 is 33.2 Å². The molecule has 22 heavy (non-hydrogen) atoms. The quantitative estimate of drug-likeness (QED) is 0.704. The van der Waals surface area contributed by atoms with Gasteiger partial charge in [0.05, 0.1) is 10.2 Å². The first-order chi connectivity index (χ1) is 10.7. The number of hydrogen-bond acceptors (Lipinski definition) is 3. The summed E-state index contributed by atoms with van der Waals surface area (Å²) in [6.07, 6.45) is 4.25. The summed E-state index contributed by atoms with van der Waals surface area (Å²) in [6, 6.07) is 12.7. The van der Waals surface area contributed by atoms with Gasteiger partial charge in [0, 0.05) is 22.8 Å². The lowest BCUT2D eigenvalue weighted by molar-refractivity contribution is 0.450. The standard InChI is InChI=1S/C18H17ClN2S/c1-12(13-10-17-16(20-11-13)6-9-22-17)21-18(7-8-18)14-4-2-3-5-15(14)19/h2-6,9-12,21H,7-8H2,1H3. The van der Waals surface area contributed by atoms with Gasteiger partial charge in [-0.25, -0.2) is 0 Å². The van der Waals surface area contributed by atoms with Crippen LogP contribution in [0.15, 0.2) is 48.0 Å². The second kappa shape index (κ2) is 5.34. The van der Waals surface area contributed by atoms with Crippen LogP contribution in [0.3, 0.4) is 0 Å². The highest BCUT2D eigenvalue weighted by Crippen LogP contribution is 2.49. The van der Waals surface area contributed by atoms with E-state index in [-0.39, 0.29) is 11.6 Å². The average Bonchev–Trinajstić information content (AvgIpc) is 3.14. The summed E-state index contributed by atoms with van der Waals surface area (Å²) in [5.41, 5.74) is 3.55. The topological polar surface area (TPSA) is 24.9 Å². The van der Waals surface area contributed by atoms with Crippen LogP contribution in [0.5, 0.6) is 0 Å². The Bertz CT molecular complexity index is 823. The van der Waals surface area contributed by atoms with Crippen LogP contribution >= 0.6 is 22.9 Å². The summed E-state index contributed by atoms with van der Waals surface area (Å²) in [4.78, 5) is 4.55. The minimum atomic E-state index is 0.0299. The second-order valence-corrected chi connectivity index (χ2v) is 7.36. The maximum Gasteiger partial charge on any atom is 0.0809 e. The highest BCUT2D eigenvalue weighted by atomic mass is 35.5. The van der Waals surface area contributed by atoms with E-state index in [2.05, 4.69) is 46.9 Å². The van der Waals surface area contributed by atoms with Crippen molar-refractivity contribution in [2.24, 2.45) is 0 Å². The van der Waals surface area contributed by atoms with Crippen LogP contribution in [0.4, 0.5) is 0 Å². The highest BCUT2D eigenvalue weighted by Gasteiger charge is 2.46. The number of aromatic nitrogens is 1. The fourth-order valence-electron chi connectivity index (χ4n) is 3.06. The van der Waals surface area contributed by atoms with Crippen molar-refractivity contribution in [1.29, 1.82) is 0 Å². The lowest BCUT2D eigenvalue weighted by Crippen LogP contribution is -2.31. The van der Waals surface area contributed by atoms with Crippen molar-refractivity contribution in [3.63, 3.8) is 0 Å². The molecule has 1 unspecified atom stereocenters. The summed E-state index contributed by atoms with van der Waals surface area (Å²) in [5, 5.41) is 6.72.